The maximum absolute atomic E-state index is 10.3. The second-order valence-electron chi connectivity index (χ2n) is 6.68. The van der Waals surface area contributed by atoms with Crippen LogP contribution in [0.3, 0.4) is 0 Å². The molecular formula is C15H25NOS. The van der Waals surface area contributed by atoms with Crippen LogP contribution in [0.4, 0.5) is 0 Å². The molecule has 102 valence electrons. The van der Waals surface area contributed by atoms with E-state index in [-0.39, 0.29) is 6.10 Å². The summed E-state index contributed by atoms with van der Waals surface area (Å²) in [6.45, 7) is 7.01. The van der Waals surface area contributed by atoms with Gasteiger partial charge in [-0.15, -0.1) is 11.3 Å². The lowest BCUT2D eigenvalue weighted by atomic mass is 9.69. The molecule has 1 aliphatic rings. The van der Waals surface area contributed by atoms with Crippen LogP contribution in [-0.4, -0.2) is 16.2 Å². The van der Waals surface area contributed by atoms with Gasteiger partial charge in [0.25, 0.3) is 0 Å². The van der Waals surface area contributed by atoms with Gasteiger partial charge in [0.05, 0.1) is 11.1 Å². The number of aliphatic hydroxyl groups excluding tert-OH is 1. The van der Waals surface area contributed by atoms with Crippen LogP contribution in [0.5, 0.6) is 0 Å². The highest BCUT2D eigenvalue weighted by atomic mass is 32.1. The maximum Gasteiger partial charge on any atom is 0.0950 e. The summed E-state index contributed by atoms with van der Waals surface area (Å²) in [5.74, 6) is 1.30. The Hall–Kier alpha value is -0.410. The van der Waals surface area contributed by atoms with Gasteiger partial charge in [-0.1, -0.05) is 20.8 Å². The van der Waals surface area contributed by atoms with Crippen LogP contribution in [0, 0.1) is 17.3 Å². The van der Waals surface area contributed by atoms with Gasteiger partial charge in [-0.25, -0.2) is 4.98 Å². The van der Waals surface area contributed by atoms with Crippen molar-refractivity contribution in [2.24, 2.45) is 17.3 Å². The Morgan fingerprint density at radius 2 is 2.00 bits per heavy atom. The van der Waals surface area contributed by atoms with Crippen LogP contribution >= 0.6 is 11.3 Å². The summed E-state index contributed by atoms with van der Waals surface area (Å²) in [6, 6.07) is 0. The van der Waals surface area contributed by atoms with E-state index in [0.717, 1.165) is 17.3 Å². The second kappa shape index (κ2) is 5.70. The van der Waals surface area contributed by atoms with E-state index in [1.54, 1.807) is 11.3 Å². The molecule has 1 unspecified atom stereocenters. The van der Waals surface area contributed by atoms with Crippen molar-refractivity contribution in [1.29, 1.82) is 0 Å². The molecule has 18 heavy (non-hydrogen) atoms. The standard InChI is InChI=1S/C15H25NOS/c1-15(2,3)12-6-4-11(5-7-12)13(17)10-14-16-8-9-18-14/h8-9,11-13,17H,4-7,10H2,1-3H3. The Bertz CT molecular complexity index is 347. The molecule has 0 radical (unpaired) electrons. The molecule has 1 aliphatic carbocycles. The summed E-state index contributed by atoms with van der Waals surface area (Å²) in [4.78, 5) is 4.26. The van der Waals surface area contributed by atoms with Gasteiger partial charge in [0, 0.05) is 18.0 Å². The highest BCUT2D eigenvalue weighted by Crippen LogP contribution is 2.41. The normalized spacial score (nSPS) is 27.1. The summed E-state index contributed by atoms with van der Waals surface area (Å²) in [7, 11) is 0. The number of hydrogen-bond acceptors (Lipinski definition) is 3. The van der Waals surface area contributed by atoms with Crippen LogP contribution < -0.4 is 0 Å². The molecule has 3 heteroatoms. The van der Waals surface area contributed by atoms with Gasteiger partial charge >= 0.3 is 0 Å². The van der Waals surface area contributed by atoms with Gasteiger partial charge in [0.2, 0.25) is 0 Å². The molecule has 1 aromatic rings. The fraction of sp³-hybridized carbons (Fsp3) is 0.800. The van der Waals surface area contributed by atoms with E-state index in [2.05, 4.69) is 25.8 Å². The zero-order chi connectivity index (χ0) is 13.2. The SMILES string of the molecule is CC(C)(C)C1CCC(C(O)Cc2nccs2)CC1. The summed E-state index contributed by atoms with van der Waals surface area (Å²) in [5.41, 5.74) is 0.422. The molecule has 0 aromatic carbocycles. The lowest BCUT2D eigenvalue weighted by Gasteiger charge is -2.38. The van der Waals surface area contributed by atoms with Crippen molar-refractivity contribution in [2.75, 3.05) is 0 Å². The van der Waals surface area contributed by atoms with Gasteiger partial charge < -0.3 is 5.11 Å². The molecule has 1 atom stereocenters. The molecule has 0 spiro atoms. The largest absolute Gasteiger partial charge is 0.392 e. The van der Waals surface area contributed by atoms with Crippen molar-refractivity contribution in [3.05, 3.63) is 16.6 Å². The van der Waals surface area contributed by atoms with E-state index in [1.165, 1.54) is 25.7 Å². The zero-order valence-electron chi connectivity index (χ0n) is 11.7. The van der Waals surface area contributed by atoms with Gasteiger partial charge in [0.15, 0.2) is 0 Å². The first-order valence-electron chi connectivity index (χ1n) is 7.03. The Morgan fingerprint density at radius 1 is 1.33 bits per heavy atom. The first kappa shape index (κ1) is 14.0. The minimum absolute atomic E-state index is 0.197. The summed E-state index contributed by atoms with van der Waals surface area (Å²) in [6.07, 6.45) is 7.25. The predicted molar refractivity (Wildman–Crippen MR) is 76.7 cm³/mol. The van der Waals surface area contributed by atoms with E-state index in [1.807, 2.05) is 11.6 Å². The Morgan fingerprint density at radius 3 is 2.50 bits per heavy atom. The van der Waals surface area contributed by atoms with Crippen molar-refractivity contribution in [3.63, 3.8) is 0 Å². The third kappa shape index (κ3) is 3.55. The molecule has 1 heterocycles. The van der Waals surface area contributed by atoms with E-state index >= 15 is 0 Å². The van der Waals surface area contributed by atoms with Gasteiger partial charge in [-0.3, -0.25) is 0 Å². The number of hydrogen-bond donors (Lipinski definition) is 1. The minimum Gasteiger partial charge on any atom is -0.392 e. The van der Waals surface area contributed by atoms with Crippen LogP contribution in [-0.2, 0) is 6.42 Å². The molecule has 2 nitrogen and oxygen atoms in total. The highest BCUT2D eigenvalue weighted by Gasteiger charge is 2.32. The lowest BCUT2D eigenvalue weighted by molar-refractivity contribution is 0.0537. The first-order valence-corrected chi connectivity index (χ1v) is 7.91. The van der Waals surface area contributed by atoms with E-state index in [9.17, 15) is 5.11 Å². The fourth-order valence-corrected chi connectivity index (χ4v) is 3.74. The lowest BCUT2D eigenvalue weighted by Crippen LogP contribution is -2.31. The van der Waals surface area contributed by atoms with E-state index in [0.29, 0.717) is 11.3 Å². The quantitative estimate of drug-likeness (QED) is 0.901. The van der Waals surface area contributed by atoms with Crippen molar-refractivity contribution < 1.29 is 5.11 Å². The van der Waals surface area contributed by atoms with Crippen molar-refractivity contribution in [2.45, 2.75) is 59.0 Å². The third-order valence-electron chi connectivity index (χ3n) is 4.41. The second-order valence-corrected chi connectivity index (χ2v) is 7.65. The molecule has 2 rings (SSSR count). The van der Waals surface area contributed by atoms with Crippen molar-refractivity contribution in [1.82, 2.24) is 4.98 Å². The molecule has 1 aromatic heterocycles. The molecule has 1 N–H and O–H groups in total. The third-order valence-corrected chi connectivity index (χ3v) is 5.21. The topological polar surface area (TPSA) is 33.1 Å². The molecule has 0 bridgehead atoms. The molecule has 1 saturated carbocycles. The van der Waals surface area contributed by atoms with Crippen molar-refractivity contribution in [3.8, 4) is 0 Å². The summed E-state index contributed by atoms with van der Waals surface area (Å²) >= 11 is 1.65. The number of rotatable bonds is 3. The predicted octanol–water partition coefficient (Wildman–Crippen LogP) is 3.90. The van der Waals surface area contributed by atoms with Gasteiger partial charge in [-0.2, -0.15) is 0 Å². The van der Waals surface area contributed by atoms with E-state index in [4.69, 9.17) is 0 Å². The average molecular weight is 267 g/mol. The molecule has 1 fully saturated rings. The molecule has 0 amide bonds. The summed E-state index contributed by atoms with van der Waals surface area (Å²) < 4.78 is 0. The fourth-order valence-electron chi connectivity index (χ4n) is 3.07. The monoisotopic (exact) mass is 267 g/mol. The number of aliphatic hydroxyl groups is 1. The van der Waals surface area contributed by atoms with Crippen molar-refractivity contribution >= 4 is 11.3 Å². The molecule has 0 saturated heterocycles. The smallest absolute Gasteiger partial charge is 0.0950 e. The zero-order valence-corrected chi connectivity index (χ0v) is 12.5. The number of thiazole rings is 1. The van der Waals surface area contributed by atoms with Crippen LogP contribution in [0.15, 0.2) is 11.6 Å². The average Bonchev–Trinajstić information content (AvgIpc) is 2.81. The van der Waals surface area contributed by atoms with E-state index < -0.39 is 0 Å². The van der Waals surface area contributed by atoms with Crippen LogP contribution in [0.1, 0.15) is 51.5 Å². The number of aromatic nitrogens is 1. The first-order chi connectivity index (χ1) is 8.47. The van der Waals surface area contributed by atoms with Crippen LogP contribution in [0.25, 0.3) is 0 Å². The highest BCUT2D eigenvalue weighted by molar-refractivity contribution is 7.09. The summed E-state index contributed by atoms with van der Waals surface area (Å²) in [5, 5.41) is 13.4. The molecule has 0 aliphatic heterocycles. The van der Waals surface area contributed by atoms with Gasteiger partial charge in [-0.05, 0) is 42.9 Å². The Balaban J connectivity index is 1.82. The number of nitrogens with zero attached hydrogens (tertiary/aromatic N) is 1. The molecular weight excluding hydrogens is 242 g/mol. The Labute approximate surface area is 114 Å². The minimum atomic E-state index is -0.197. The Kier molecular flexibility index (Phi) is 4.44. The van der Waals surface area contributed by atoms with Gasteiger partial charge in [0.1, 0.15) is 0 Å². The van der Waals surface area contributed by atoms with Crippen LogP contribution in [0.2, 0.25) is 0 Å². The maximum atomic E-state index is 10.3.